The third kappa shape index (κ3) is 28.8. The number of hydrazine groups is 1. The summed E-state index contributed by atoms with van der Waals surface area (Å²) in [6.45, 7) is 5.19. The molecule has 0 radical (unpaired) electrons. The highest BCUT2D eigenvalue weighted by Gasteiger charge is 1.93. The van der Waals surface area contributed by atoms with Gasteiger partial charge in [-0.3, -0.25) is 15.6 Å². The molecule has 144 valence electrons. The molecule has 24 heavy (non-hydrogen) atoms. The van der Waals surface area contributed by atoms with Crippen molar-refractivity contribution in [3.63, 3.8) is 0 Å². The lowest BCUT2D eigenvalue weighted by Gasteiger charge is -2.05. The van der Waals surface area contributed by atoms with Crippen molar-refractivity contribution < 1.29 is 9.90 Å². The number of hydrogen-bond donors (Lipinski definition) is 5. The van der Waals surface area contributed by atoms with E-state index in [2.05, 4.69) is 24.7 Å². The van der Waals surface area contributed by atoms with E-state index in [-0.39, 0.29) is 5.96 Å². The molecule has 0 bridgehead atoms. The summed E-state index contributed by atoms with van der Waals surface area (Å²) in [7, 11) is 0. The predicted molar refractivity (Wildman–Crippen MR) is 102 cm³/mol. The lowest BCUT2D eigenvalue weighted by molar-refractivity contribution is -0.137. The summed E-state index contributed by atoms with van der Waals surface area (Å²) < 4.78 is 0. The van der Waals surface area contributed by atoms with Gasteiger partial charge in [-0.25, -0.2) is 5.43 Å². The molecule has 0 rings (SSSR count). The Hall–Kier alpha value is -1.30. The van der Waals surface area contributed by atoms with Crippen LogP contribution in [-0.4, -0.2) is 23.6 Å². The number of unbranched alkanes of at least 4 members (excludes halogenated alkanes) is 10. The molecule has 0 aliphatic carbocycles. The summed E-state index contributed by atoms with van der Waals surface area (Å²) in [6.07, 6.45) is 15.3. The van der Waals surface area contributed by atoms with E-state index in [1.54, 1.807) is 0 Å². The molecule has 6 nitrogen and oxygen atoms in total. The van der Waals surface area contributed by atoms with Crippen LogP contribution in [-0.2, 0) is 4.79 Å². The largest absolute Gasteiger partial charge is 0.481 e. The third-order valence-electron chi connectivity index (χ3n) is 3.62. The molecule has 0 aromatic carbocycles. The number of nitrogens with two attached hydrogens (primary N) is 1. The molecular formula is C18H40N4O2. The van der Waals surface area contributed by atoms with Crippen molar-refractivity contribution in [2.45, 2.75) is 97.3 Å². The Balaban J connectivity index is 0. The van der Waals surface area contributed by atoms with Gasteiger partial charge in [0.05, 0.1) is 0 Å². The second kappa shape index (κ2) is 21.7. The normalized spacial score (nSPS) is 9.92. The fraction of sp³-hybridized carbons (Fsp3) is 0.889. The second-order valence-electron chi connectivity index (χ2n) is 6.14. The summed E-state index contributed by atoms with van der Waals surface area (Å²) >= 11 is 0. The molecule has 0 aliphatic rings. The smallest absolute Gasteiger partial charge is 0.303 e. The van der Waals surface area contributed by atoms with Crippen molar-refractivity contribution in [1.82, 2.24) is 10.9 Å². The highest BCUT2D eigenvalue weighted by Crippen LogP contribution is 2.08. The van der Waals surface area contributed by atoms with Gasteiger partial charge < -0.3 is 10.8 Å². The molecule has 0 saturated heterocycles. The molecule has 0 amide bonds. The van der Waals surface area contributed by atoms with Gasteiger partial charge >= 0.3 is 5.97 Å². The van der Waals surface area contributed by atoms with Crippen LogP contribution < -0.4 is 16.6 Å². The second-order valence-corrected chi connectivity index (χ2v) is 6.14. The number of nitrogens with one attached hydrogen (secondary N) is 3. The molecule has 0 aromatic rings. The standard InChI is InChI=1S/C12H28N4.C6H12O2/c1-2-3-4-5-6-7-8-9-10-11-15-16-12(13)14;1-2-3-4-5-6(7)8/h15H,2-11H2,1H3,(H4,13,14,16);2-5H2,1H3,(H,7,8). The van der Waals surface area contributed by atoms with Crippen LogP contribution in [0.5, 0.6) is 0 Å². The maximum absolute atomic E-state index is 9.87. The highest BCUT2D eigenvalue weighted by atomic mass is 16.4. The van der Waals surface area contributed by atoms with Gasteiger partial charge in [-0.15, -0.1) is 0 Å². The van der Waals surface area contributed by atoms with Gasteiger partial charge in [-0.2, -0.15) is 0 Å². The van der Waals surface area contributed by atoms with Crippen molar-refractivity contribution in [2.24, 2.45) is 5.73 Å². The molecule has 0 spiro atoms. The monoisotopic (exact) mass is 344 g/mol. The average Bonchev–Trinajstić information content (AvgIpc) is 2.53. The van der Waals surface area contributed by atoms with Gasteiger partial charge in [0.25, 0.3) is 0 Å². The van der Waals surface area contributed by atoms with Crippen LogP contribution in [0.15, 0.2) is 0 Å². The first-order valence-electron chi connectivity index (χ1n) is 9.59. The van der Waals surface area contributed by atoms with E-state index in [1.807, 2.05) is 0 Å². The quantitative estimate of drug-likeness (QED) is 0.133. The molecular weight excluding hydrogens is 304 g/mol. The van der Waals surface area contributed by atoms with Crippen LogP contribution in [0.1, 0.15) is 97.3 Å². The van der Waals surface area contributed by atoms with E-state index < -0.39 is 5.97 Å². The maximum atomic E-state index is 9.87. The Kier molecular flexibility index (Phi) is 22.6. The Labute approximate surface area is 148 Å². The highest BCUT2D eigenvalue weighted by molar-refractivity contribution is 5.73. The topological polar surface area (TPSA) is 111 Å². The van der Waals surface area contributed by atoms with Crippen molar-refractivity contribution in [3.05, 3.63) is 0 Å². The molecule has 0 saturated carbocycles. The van der Waals surface area contributed by atoms with Gasteiger partial charge in [0.15, 0.2) is 5.96 Å². The van der Waals surface area contributed by atoms with Gasteiger partial charge in [0.2, 0.25) is 0 Å². The third-order valence-corrected chi connectivity index (χ3v) is 3.62. The Morgan fingerprint density at radius 3 is 1.79 bits per heavy atom. The first kappa shape index (κ1) is 24.9. The number of aliphatic carboxylic acids is 1. The summed E-state index contributed by atoms with van der Waals surface area (Å²) in [4.78, 5) is 9.87. The van der Waals surface area contributed by atoms with Crippen LogP contribution in [0.2, 0.25) is 0 Å². The van der Waals surface area contributed by atoms with Crippen molar-refractivity contribution >= 4 is 11.9 Å². The molecule has 6 N–H and O–H groups in total. The zero-order chi connectivity index (χ0) is 18.5. The van der Waals surface area contributed by atoms with Gasteiger partial charge in [0, 0.05) is 13.0 Å². The van der Waals surface area contributed by atoms with Gasteiger partial charge in [0.1, 0.15) is 0 Å². The summed E-state index contributed by atoms with van der Waals surface area (Å²) in [5.41, 5.74) is 10.6. The fourth-order valence-electron chi connectivity index (χ4n) is 2.21. The molecule has 0 unspecified atom stereocenters. The van der Waals surface area contributed by atoms with Crippen molar-refractivity contribution in [1.29, 1.82) is 5.41 Å². The van der Waals surface area contributed by atoms with E-state index in [0.29, 0.717) is 6.42 Å². The fourth-order valence-corrected chi connectivity index (χ4v) is 2.21. The van der Waals surface area contributed by atoms with E-state index in [0.717, 1.165) is 32.2 Å². The molecule has 0 fully saturated rings. The van der Waals surface area contributed by atoms with Gasteiger partial charge in [-0.1, -0.05) is 78.1 Å². The van der Waals surface area contributed by atoms with Crippen LogP contribution in [0, 0.1) is 5.41 Å². The van der Waals surface area contributed by atoms with Crippen molar-refractivity contribution in [2.75, 3.05) is 6.54 Å². The summed E-state index contributed by atoms with van der Waals surface area (Å²) in [6, 6.07) is 0. The average molecular weight is 345 g/mol. The molecule has 0 heterocycles. The number of carbonyl (C=O) groups is 1. The Morgan fingerprint density at radius 2 is 1.33 bits per heavy atom. The first-order valence-corrected chi connectivity index (χ1v) is 9.59. The van der Waals surface area contributed by atoms with Crippen LogP contribution in [0.4, 0.5) is 0 Å². The predicted octanol–water partition coefficient (Wildman–Crippen LogP) is 4.16. The summed E-state index contributed by atoms with van der Waals surface area (Å²) in [5, 5.41) is 15.1. The molecule has 0 aromatic heterocycles. The molecule has 0 aliphatic heterocycles. The van der Waals surface area contributed by atoms with E-state index >= 15 is 0 Å². The van der Waals surface area contributed by atoms with E-state index in [4.69, 9.17) is 16.2 Å². The van der Waals surface area contributed by atoms with Gasteiger partial charge in [-0.05, 0) is 12.8 Å². The number of carboxylic acid groups (broad SMARTS) is 1. The van der Waals surface area contributed by atoms with E-state index in [1.165, 1.54) is 51.4 Å². The molecule has 0 atom stereocenters. The summed E-state index contributed by atoms with van der Waals surface area (Å²) in [5.74, 6) is -0.700. The number of carboxylic acids is 1. The van der Waals surface area contributed by atoms with Crippen LogP contribution >= 0.6 is 0 Å². The lowest BCUT2D eigenvalue weighted by atomic mass is 10.1. The minimum atomic E-state index is -0.682. The Bertz CT molecular complexity index is 286. The lowest BCUT2D eigenvalue weighted by Crippen LogP contribution is -2.41. The van der Waals surface area contributed by atoms with Crippen LogP contribution in [0.25, 0.3) is 0 Å². The minimum absolute atomic E-state index is 0.0177. The zero-order valence-corrected chi connectivity index (χ0v) is 15.8. The number of guanidine groups is 1. The zero-order valence-electron chi connectivity index (χ0n) is 15.8. The van der Waals surface area contributed by atoms with E-state index in [9.17, 15) is 4.79 Å². The van der Waals surface area contributed by atoms with Crippen LogP contribution in [0.3, 0.4) is 0 Å². The number of hydrogen-bond acceptors (Lipinski definition) is 3. The maximum Gasteiger partial charge on any atom is 0.303 e. The Morgan fingerprint density at radius 1 is 0.875 bits per heavy atom. The number of rotatable bonds is 15. The molecule has 6 heteroatoms. The SMILES string of the molecule is CCCCCC(=O)O.CCCCCCCCCCCNNC(=N)N. The minimum Gasteiger partial charge on any atom is -0.481 e. The first-order chi connectivity index (χ1) is 11.5. The van der Waals surface area contributed by atoms with Crippen molar-refractivity contribution in [3.8, 4) is 0 Å².